The Morgan fingerprint density at radius 1 is 1.33 bits per heavy atom. The van der Waals surface area contributed by atoms with Crippen LogP contribution in [0.5, 0.6) is 0 Å². The highest BCUT2D eigenvalue weighted by Gasteiger charge is 2.44. The summed E-state index contributed by atoms with van der Waals surface area (Å²) in [6, 6.07) is 10.0. The van der Waals surface area contributed by atoms with Gasteiger partial charge >= 0.3 is 0 Å². The third-order valence-electron chi connectivity index (χ3n) is 4.33. The van der Waals surface area contributed by atoms with E-state index in [1.165, 1.54) is 12.1 Å². The molecule has 0 bridgehead atoms. The molecule has 0 radical (unpaired) electrons. The third kappa shape index (κ3) is 4.87. The van der Waals surface area contributed by atoms with Crippen LogP contribution >= 0.6 is 11.8 Å². The summed E-state index contributed by atoms with van der Waals surface area (Å²) >= 11 is 1.06. The number of carbonyl (C=O) groups is 2. The molecule has 0 aromatic heterocycles. The Kier molecular flexibility index (Phi) is 6.59. The molecule has 0 unspecified atom stereocenters. The minimum Gasteiger partial charge on any atom is -0.355 e. The summed E-state index contributed by atoms with van der Waals surface area (Å²) in [5, 5.41) is 24.2. The Bertz CT molecular complexity index is 850. The van der Waals surface area contributed by atoms with Crippen LogP contribution in [0.2, 0.25) is 0 Å². The average Bonchev–Trinajstić information content (AvgIpc) is 2.61. The quantitative estimate of drug-likeness (QED) is 0.780. The normalized spacial score (nSPS) is 18.3. The summed E-state index contributed by atoms with van der Waals surface area (Å²) in [5.74, 6) is -1.96. The number of carbonyl (C=O) groups excluding carboxylic acids is 2. The molecule has 2 amide bonds. The molecule has 2 rings (SSSR count). The third-order valence-corrected chi connectivity index (χ3v) is 5.33. The lowest BCUT2D eigenvalue weighted by atomic mass is 9.72. The first-order chi connectivity index (χ1) is 12.8. The van der Waals surface area contributed by atoms with Gasteiger partial charge in [0.1, 0.15) is 11.7 Å². The first-order valence-electron chi connectivity index (χ1n) is 8.29. The van der Waals surface area contributed by atoms with Crippen molar-refractivity contribution in [3.63, 3.8) is 0 Å². The minimum absolute atomic E-state index is 0.0253. The van der Waals surface area contributed by atoms with Gasteiger partial charge in [-0.2, -0.15) is 10.5 Å². The van der Waals surface area contributed by atoms with Gasteiger partial charge in [-0.15, -0.1) is 0 Å². The number of nitrogens with one attached hydrogen (secondary N) is 2. The van der Waals surface area contributed by atoms with E-state index in [9.17, 15) is 24.5 Å². The summed E-state index contributed by atoms with van der Waals surface area (Å²) in [6.45, 7) is 3.73. The van der Waals surface area contributed by atoms with E-state index < -0.39 is 17.2 Å². The van der Waals surface area contributed by atoms with Crippen molar-refractivity contribution in [2.24, 2.45) is 11.3 Å². The maximum Gasteiger partial charge on any atom is 0.243 e. The van der Waals surface area contributed by atoms with Crippen LogP contribution in [0.15, 0.2) is 34.9 Å². The molecule has 0 spiro atoms. The average molecular weight is 386 g/mol. The van der Waals surface area contributed by atoms with Crippen LogP contribution < -0.4 is 10.6 Å². The Morgan fingerprint density at radius 3 is 2.59 bits per heavy atom. The number of hydrogen-bond donors (Lipinski definition) is 2. The van der Waals surface area contributed by atoms with Gasteiger partial charge < -0.3 is 10.6 Å². The Balaban J connectivity index is 1.92. The van der Waals surface area contributed by atoms with Gasteiger partial charge in [-0.05, 0) is 24.1 Å². The van der Waals surface area contributed by atoms with E-state index in [0.717, 1.165) is 17.3 Å². The van der Waals surface area contributed by atoms with E-state index in [0.29, 0.717) is 18.0 Å². The predicted octanol–water partition coefficient (Wildman–Crippen LogP) is 2.25. The largest absolute Gasteiger partial charge is 0.355 e. The lowest BCUT2D eigenvalue weighted by Gasteiger charge is -2.34. The molecule has 0 saturated carbocycles. The molecular formula is C19H19FN4O2S. The fourth-order valence-corrected chi connectivity index (χ4v) is 3.72. The lowest BCUT2D eigenvalue weighted by molar-refractivity contribution is -0.125. The molecule has 1 heterocycles. The summed E-state index contributed by atoms with van der Waals surface area (Å²) in [6.07, 6.45) is 0.566. The van der Waals surface area contributed by atoms with E-state index in [2.05, 4.69) is 16.7 Å². The maximum absolute atomic E-state index is 12.9. The molecule has 1 aliphatic rings. The van der Waals surface area contributed by atoms with Crippen molar-refractivity contribution < 1.29 is 14.0 Å². The van der Waals surface area contributed by atoms with Crippen LogP contribution in [0, 0.1) is 39.8 Å². The number of benzene rings is 1. The summed E-state index contributed by atoms with van der Waals surface area (Å²) < 4.78 is 12.9. The lowest BCUT2D eigenvalue weighted by Crippen LogP contribution is -2.44. The number of nitriles is 2. The number of rotatable bonds is 6. The van der Waals surface area contributed by atoms with Crippen molar-refractivity contribution in [1.82, 2.24) is 10.6 Å². The van der Waals surface area contributed by atoms with Crippen LogP contribution in [0.25, 0.3) is 0 Å². The van der Waals surface area contributed by atoms with Gasteiger partial charge in [0.2, 0.25) is 11.8 Å². The highest BCUT2D eigenvalue weighted by Crippen LogP contribution is 2.41. The molecule has 0 saturated heterocycles. The van der Waals surface area contributed by atoms with Gasteiger partial charge in [0, 0.05) is 12.0 Å². The van der Waals surface area contributed by atoms with Crippen molar-refractivity contribution in [2.75, 3.05) is 12.3 Å². The zero-order chi connectivity index (χ0) is 20.0. The Hall–Kier alpha value is -2.84. The predicted molar refractivity (Wildman–Crippen MR) is 99.2 cm³/mol. The number of thioether (sulfide) groups is 1. The van der Waals surface area contributed by atoms with Crippen LogP contribution in [-0.2, 0) is 16.0 Å². The zero-order valence-electron chi connectivity index (χ0n) is 15.0. The number of allylic oxidation sites excluding steroid dienone is 1. The van der Waals surface area contributed by atoms with E-state index >= 15 is 0 Å². The van der Waals surface area contributed by atoms with E-state index in [4.69, 9.17) is 0 Å². The van der Waals surface area contributed by atoms with Gasteiger partial charge in [0.15, 0.2) is 0 Å². The van der Waals surface area contributed by atoms with Crippen LogP contribution in [0.1, 0.15) is 19.4 Å². The number of nitrogens with zero attached hydrogens (tertiary/aromatic N) is 2. The van der Waals surface area contributed by atoms with E-state index in [1.807, 2.05) is 6.07 Å². The smallest absolute Gasteiger partial charge is 0.243 e. The molecular weight excluding hydrogens is 367 g/mol. The molecule has 0 fully saturated rings. The molecule has 27 heavy (non-hydrogen) atoms. The molecule has 1 aromatic rings. The zero-order valence-corrected chi connectivity index (χ0v) is 15.8. The van der Waals surface area contributed by atoms with Crippen molar-refractivity contribution in [1.29, 1.82) is 10.5 Å². The SMILES string of the molecule is CC1(C)C(C#N)=C(SCC(=O)NCCc2ccc(F)cc2)NC(=O)[C@@H]1C#N. The molecule has 1 aliphatic heterocycles. The van der Waals surface area contributed by atoms with Gasteiger partial charge in [0.05, 0.1) is 28.5 Å². The van der Waals surface area contributed by atoms with Gasteiger partial charge in [0.25, 0.3) is 0 Å². The second kappa shape index (κ2) is 8.70. The van der Waals surface area contributed by atoms with Crippen molar-refractivity contribution in [3.8, 4) is 12.1 Å². The minimum atomic E-state index is -0.957. The van der Waals surface area contributed by atoms with Crippen LogP contribution in [0.3, 0.4) is 0 Å². The number of amides is 2. The monoisotopic (exact) mass is 386 g/mol. The van der Waals surface area contributed by atoms with Gasteiger partial charge in [-0.1, -0.05) is 37.7 Å². The second-order valence-corrected chi connectivity index (χ2v) is 7.59. The van der Waals surface area contributed by atoms with E-state index in [1.54, 1.807) is 26.0 Å². The molecule has 6 nitrogen and oxygen atoms in total. The molecule has 1 aromatic carbocycles. The fraction of sp³-hybridized carbons (Fsp3) is 0.368. The fourth-order valence-electron chi connectivity index (χ4n) is 2.72. The number of halogens is 1. The highest BCUT2D eigenvalue weighted by molar-refractivity contribution is 8.03. The summed E-state index contributed by atoms with van der Waals surface area (Å²) in [5.41, 5.74) is 0.271. The topological polar surface area (TPSA) is 106 Å². The standard InChI is InChI=1S/C19H19FN4O2S/c1-19(2)14(9-21)17(26)24-18(15(19)10-22)27-11-16(25)23-8-7-12-3-5-13(20)6-4-12/h3-6,14H,7-8,11H2,1-2H3,(H,23,25)(H,24,26)/t14-/m0/s1. The molecule has 140 valence electrons. The van der Waals surface area contributed by atoms with Gasteiger partial charge in [-0.25, -0.2) is 4.39 Å². The molecule has 2 N–H and O–H groups in total. The number of hydrogen-bond acceptors (Lipinski definition) is 5. The summed E-state index contributed by atoms with van der Waals surface area (Å²) in [7, 11) is 0. The van der Waals surface area contributed by atoms with Crippen LogP contribution in [-0.4, -0.2) is 24.1 Å². The first-order valence-corrected chi connectivity index (χ1v) is 9.27. The van der Waals surface area contributed by atoms with E-state index in [-0.39, 0.29) is 23.1 Å². The van der Waals surface area contributed by atoms with Gasteiger partial charge in [-0.3, -0.25) is 9.59 Å². The molecule has 0 aliphatic carbocycles. The first kappa shape index (κ1) is 20.5. The second-order valence-electron chi connectivity index (χ2n) is 6.60. The maximum atomic E-state index is 12.9. The van der Waals surface area contributed by atoms with Crippen molar-refractivity contribution in [2.45, 2.75) is 20.3 Å². The molecule has 1 atom stereocenters. The van der Waals surface area contributed by atoms with Crippen molar-refractivity contribution in [3.05, 3.63) is 46.2 Å². The van der Waals surface area contributed by atoms with Crippen molar-refractivity contribution >= 4 is 23.6 Å². The Labute approximate surface area is 161 Å². The Morgan fingerprint density at radius 2 is 2.00 bits per heavy atom. The van der Waals surface area contributed by atoms with Crippen LogP contribution in [0.4, 0.5) is 4.39 Å². The highest BCUT2D eigenvalue weighted by atomic mass is 32.2. The summed E-state index contributed by atoms with van der Waals surface area (Å²) in [4.78, 5) is 24.1. The molecule has 8 heteroatoms.